The molecule has 0 saturated heterocycles. The van der Waals surface area contributed by atoms with Crippen molar-refractivity contribution < 1.29 is 19.7 Å². The summed E-state index contributed by atoms with van der Waals surface area (Å²) in [6.07, 6.45) is 4.41. The number of nitrogens with zero attached hydrogens (tertiary/aromatic N) is 1. The zero-order chi connectivity index (χ0) is 22.9. The predicted octanol–water partition coefficient (Wildman–Crippen LogP) is 4.49. The van der Waals surface area contributed by atoms with E-state index >= 15 is 0 Å². The van der Waals surface area contributed by atoms with Gasteiger partial charge in [-0.25, -0.2) is 4.79 Å². The van der Waals surface area contributed by atoms with Crippen LogP contribution >= 0.6 is 0 Å². The Morgan fingerprint density at radius 3 is 2.53 bits per heavy atom. The number of ether oxygens (including phenoxy) is 1. The van der Waals surface area contributed by atoms with Gasteiger partial charge in [-0.1, -0.05) is 43.3 Å². The Bertz CT molecular complexity index is 1010. The molecule has 2 aromatic carbocycles. The van der Waals surface area contributed by atoms with Crippen LogP contribution < -0.4 is 10.1 Å². The Balaban J connectivity index is 1.61. The smallest absolute Gasteiger partial charge is 0.339 e. The minimum atomic E-state index is -0.992. The molecule has 1 aromatic heterocycles. The Kier molecular flexibility index (Phi) is 8.36. The first-order valence-electron chi connectivity index (χ1n) is 10.9. The molecule has 0 saturated carbocycles. The molecule has 1 heterocycles. The van der Waals surface area contributed by atoms with Crippen LogP contribution in [0.25, 0.3) is 11.1 Å². The maximum atomic E-state index is 11.5. The van der Waals surface area contributed by atoms with Crippen molar-refractivity contribution in [2.45, 2.75) is 38.8 Å². The van der Waals surface area contributed by atoms with Gasteiger partial charge in [0, 0.05) is 30.5 Å². The van der Waals surface area contributed by atoms with E-state index in [2.05, 4.69) is 29.4 Å². The van der Waals surface area contributed by atoms with Gasteiger partial charge >= 0.3 is 5.97 Å². The molecule has 0 spiro atoms. The Labute approximate surface area is 188 Å². The van der Waals surface area contributed by atoms with Crippen LogP contribution in [0, 0.1) is 0 Å². The number of rotatable bonds is 11. The van der Waals surface area contributed by atoms with E-state index in [0.29, 0.717) is 18.9 Å². The second kappa shape index (κ2) is 11.4. The molecular weight excluding hydrogens is 404 g/mol. The average Bonchev–Trinajstić information content (AvgIpc) is 2.82. The van der Waals surface area contributed by atoms with Crippen molar-refractivity contribution in [1.29, 1.82) is 0 Å². The largest absolute Gasteiger partial charge is 0.493 e. The summed E-state index contributed by atoms with van der Waals surface area (Å²) in [5, 5.41) is 23.0. The van der Waals surface area contributed by atoms with Gasteiger partial charge in [0.15, 0.2) is 0 Å². The molecule has 3 rings (SSSR count). The Morgan fingerprint density at radius 2 is 1.88 bits per heavy atom. The molecule has 3 N–H and O–H groups in total. The lowest BCUT2D eigenvalue weighted by molar-refractivity contribution is 0.0692. The molecule has 3 aromatic rings. The molecule has 0 amide bonds. The number of carboxylic acids is 1. The van der Waals surface area contributed by atoms with Crippen LogP contribution in [0.5, 0.6) is 5.75 Å². The molecule has 0 fully saturated rings. The SMILES string of the molecule is CCCOc1cc(-c2ccc(C[C@@H](C)NCC(O)c3cccnc3)cc2)ccc1C(=O)O. The molecule has 0 aliphatic rings. The summed E-state index contributed by atoms with van der Waals surface area (Å²) in [4.78, 5) is 15.5. The third-order valence-electron chi connectivity index (χ3n) is 5.23. The molecule has 2 atom stereocenters. The van der Waals surface area contributed by atoms with E-state index in [1.807, 2.05) is 31.2 Å². The van der Waals surface area contributed by atoms with E-state index in [4.69, 9.17) is 4.74 Å². The molecule has 0 aliphatic carbocycles. The summed E-state index contributed by atoms with van der Waals surface area (Å²) in [6, 6.07) is 17.3. The third-order valence-corrected chi connectivity index (χ3v) is 5.23. The van der Waals surface area contributed by atoms with Crippen molar-refractivity contribution in [3.05, 3.63) is 83.7 Å². The minimum Gasteiger partial charge on any atom is -0.493 e. The third kappa shape index (κ3) is 6.39. The van der Waals surface area contributed by atoms with E-state index in [0.717, 1.165) is 29.5 Å². The van der Waals surface area contributed by atoms with Crippen molar-refractivity contribution in [3.8, 4) is 16.9 Å². The first-order chi connectivity index (χ1) is 15.5. The monoisotopic (exact) mass is 434 g/mol. The van der Waals surface area contributed by atoms with Crippen LogP contribution in [0.15, 0.2) is 67.0 Å². The van der Waals surface area contributed by atoms with Gasteiger partial charge in [-0.15, -0.1) is 0 Å². The fraction of sp³-hybridized carbons (Fsp3) is 0.308. The second-order valence-corrected chi connectivity index (χ2v) is 7.88. The van der Waals surface area contributed by atoms with Crippen molar-refractivity contribution in [3.63, 3.8) is 0 Å². The van der Waals surface area contributed by atoms with Gasteiger partial charge in [-0.3, -0.25) is 4.98 Å². The highest BCUT2D eigenvalue weighted by atomic mass is 16.5. The number of aromatic nitrogens is 1. The normalized spacial score (nSPS) is 12.8. The summed E-state index contributed by atoms with van der Waals surface area (Å²) >= 11 is 0. The van der Waals surface area contributed by atoms with Gasteiger partial charge in [0.05, 0.1) is 12.7 Å². The van der Waals surface area contributed by atoms with Crippen LogP contribution in [0.4, 0.5) is 0 Å². The summed E-state index contributed by atoms with van der Waals surface area (Å²) in [7, 11) is 0. The summed E-state index contributed by atoms with van der Waals surface area (Å²) in [5.41, 5.74) is 4.06. The van der Waals surface area contributed by atoms with E-state index in [1.54, 1.807) is 30.6 Å². The lowest BCUT2D eigenvalue weighted by atomic mass is 9.99. The van der Waals surface area contributed by atoms with E-state index in [9.17, 15) is 15.0 Å². The maximum Gasteiger partial charge on any atom is 0.339 e. The predicted molar refractivity (Wildman–Crippen MR) is 125 cm³/mol. The van der Waals surface area contributed by atoms with Gasteiger partial charge in [0.1, 0.15) is 11.3 Å². The van der Waals surface area contributed by atoms with Crippen LogP contribution in [0.1, 0.15) is 47.9 Å². The number of aliphatic hydroxyl groups excluding tert-OH is 1. The fourth-order valence-electron chi connectivity index (χ4n) is 3.47. The van der Waals surface area contributed by atoms with E-state index in [1.165, 1.54) is 5.56 Å². The summed E-state index contributed by atoms with van der Waals surface area (Å²) < 4.78 is 5.65. The molecular formula is C26H30N2O4. The Hall–Kier alpha value is -3.22. The number of hydrogen-bond acceptors (Lipinski definition) is 5. The number of nitrogens with one attached hydrogen (secondary N) is 1. The number of carbonyl (C=O) groups is 1. The minimum absolute atomic E-state index is 0.173. The van der Waals surface area contributed by atoms with Gasteiger partial charge in [-0.2, -0.15) is 0 Å². The van der Waals surface area contributed by atoms with Gasteiger partial charge in [-0.05, 0) is 54.7 Å². The van der Waals surface area contributed by atoms with Crippen molar-refractivity contribution in [1.82, 2.24) is 10.3 Å². The van der Waals surface area contributed by atoms with Gasteiger partial charge in [0.2, 0.25) is 0 Å². The molecule has 168 valence electrons. The highest BCUT2D eigenvalue weighted by molar-refractivity contribution is 5.92. The summed E-state index contributed by atoms with van der Waals surface area (Å²) in [6.45, 7) is 5.01. The van der Waals surface area contributed by atoms with E-state index in [-0.39, 0.29) is 11.6 Å². The average molecular weight is 435 g/mol. The van der Waals surface area contributed by atoms with Crippen LogP contribution in [0.2, 0.25) is 0 Å². The zero-order valence-electron chi connectivity index (χ0n) is 18.5. The van der Waals surface area contributed by atoms with Crippen LogP contribution in [-0.2, 0) is 6.42 Å². The van der Waals surface area contributed by atoms with Crippen LogP contribution in [0.3, 0.4) is 0 Å². The number of hydrogen-bond donors (Lipinski definition) is 3. The topological polar surface area (TPSA) is 91.7 Å². The molecule has 6 heteroatoms. The highest BCUT2D eigenvalue weighted by Crippen LogP contribution is 2.28. The summed E-state index contributed by atoms with van der Waals surface area (Å²) in [5.74, 6) is -0.598. The van der Waals surface area contributed by atoms with Crippen molar-refractivity contribution in [2.75, 3.05) is 13.2 Å². The quantitative estimate of drug-likeness (QED) is 0.412. The standard InChI is InChI=1S/C26H30N2O4/c1-3-13-32-25-15-21(10-11-23(25)26(30)31)20-8-6-19(7-9-20)14-18(2)28-17-24(29)22-5-4-12-27-16-22/h4-12,15-16,18,24,28-29H,3,13-14,17H2,1-2H3,(H,30,31)/t18-,24?/m1/s1. The maximum absolute atomic E-state index is 11.5. The zero-order valence-corrected chi connectivity index (χ0v) is 18.5. The van der Waals surface area contributed by atoms with Gasteiger partial charge in [0.25, 0.3) is 0 Å². The number of carboxylic acid groups (broad SMARTS) is 1. The fourth-order valence-corrected chi connectivity index (χ4v) is 3.47. The Morgan fingerprint density at radius 1 is 1.12 bits per heavy atom. The van der Waals surface area contributed by atoms with E-state index < -0.39 is 12.1 Å². The van der Waals surface area contributed by atoms with Crippen molar-refractivity contribution >= 4 is 5.97 Å². The molecule has 1 unspecified atom stereocenters. The highest BCUT2D eigenvalue weighted by Gasteiger charge is 2.13. The number of aromatic carboxylic acids is 1. The number of benzene rings is 2. The first-order valence-corrected chi connectivity index (χ1v) is 10.9. The first kappa shape index (κ1) is 23.4. The lowest BCUT2D eigenvalue weighted by Gasteiger charge is -2.17. The lowest BCUT2D eigenvalue weighted by Crippen LogP contribution is -2.32. The molecule has 0 aliphatic heterocycles. The second-order valence-electron chi connectivity index (χ2n) is 7.88. The molecule has 0 radical (unpaired) electrons. The van der Waals surface area contributed by atoms with Gasteiger partial charge < -0.3 is 20.3 Å². The molecule has 32 heavy (non-hydrogen) atoms. The number of pyridine rings is 1. The molecule has 6 nitrogen and oxygen atoms in total. The van der Waals surface area contributed by atoms with Crippen molar-refractivity contribution in [2.24, 2.45) is 0 Å². The molecule has 0 bridgehead atoms. The van der Waals surface area contributed by atoms with Crippen LogP contribution in [-0.4, -0.2) is 40.4 Å². The number of aliphatic hydroxyl groups is 1.